The van der Waals surface area contributed by atoms with Crippen LogP contribution in [0, 0.1) is 6.92 Å². The third kappa shape index (κ3) is 2.80. The van der Waals surface area contributed by atoms with Crippen LogP contribution in [0.25, 0.3) is 0 Å². The van der Waals surface area contributed by atoms with Gasteiger partial charge in [-0.25, -0.2) is 0 Å². The lowest BCUT2D eigenvalue weighted by atomic mass is 10.2. The molecular formula is C10H13BrN2O. The van der Waals surface area contributed by atoms with E-state index in [2.05, 4.69) is 26.2 Å². The third-order valence-electron chi connectivity index (χ3n) is 1.80. The van der Waals surface area contributed by atoms with Crippen molar-refractivity contribution in [2.75, 3.05) is 5.32 Å². The van der Waals surface area contributed by atoms with Crippen LogP contribution < -0.4 is 5.32 Å². The summed E-state index contributed by atoms with van der Waals surface area (Å²) in [4.78, 5) is 15.7. The van der Waals surface area contributed by atoms with Gasteiger partial charge in [-0.1, -0.05) is 15.9 Å². The highest BCUT2D eigenvalue weighted by molar-refractivity contribution is 9.10. The number of pyridine rings is 1. The average molecular weight is 257 g/mol. The Labute approximate surface area is 92.1 Å². The maximum absolute atomic E-state index is 11.6. The molecule has 3 nitrogen and oxygen atoms in total. The number of nitrogens with zero attached hydrogens (tertiary/aromatic N) is 1. The highest BCUT2D eigenvalue weighted by atomic mass is 79.9. The van der Waals surface area contributed by atoms with E-state index in [4.69, 9.17) is 0 Å². The van der Waals surface area contributed by atoms with Crippen molar-refractivity contribution in [2.24, 2.45) is 0 Å². The highest BCUT2D eigenvalue weighted by Crippen LogP contribution is 2.19. The molecule has 14 heavy (non-hydrogen) atoms. The fourth-order valence-corrected chi connectivity index (χ4v) is 0.986. The van der Waals surface area contributed by atoms with Crippen LogP contribution in [0.2, 0.25) is 0 Å². The van der Waals surface area contributed by atoms with E-state index in [1.165, 1.54) is 0 Å². The van der Waals surface area contributed by atoms with Crippen LogP contribution >= 0.6 is 15.9 Å². The van der Waals surface area contributed by atoms with Gasteiger partial charge in [0.1, 0.15) is 0 Å². The maximum atomic E-state index is 11.6. The zero-order valence-corrected chi connectivity index (χ0v) is 10.1. The van der Waals surface area contributed by atoms with Crippen LogP contribution in [-0.4, -0.2) is 15.2 Å². The van der Waals surface area contributed by atoms with Crippen molar-refractivity contribution in [2.45, 2.75) is 25.1 Å². The van der Waals surface area contributed by atoms with Gasteiger partial charge in [-0.3, -0.25) is 9.78 Å². The summed E-state index contributed by atoms with van der Waals surface area (Å²) >= 11 is 3.29. The minimum absolute atomic E-state index is 0.0754. The number of anilines is 1. The Morgan fingerprint density at radius 2 is 2.21 bits per heavy atom. The van der Waals surface area contributed by atoms with Gasteiger partial charge in [0.25, 0.3) is 0 Å². The van der Waals surface area contributed by atoms with Crippen LogP contribution in [0.3, 0.4) is 0 Å². The summed E-state index contributed by atoms with van der Waals surface area (Å²) in [5.74, 6) is -0.0754. The summed E-state index contributed by atoms with van der Waals surface area (Å²) in [5.41, 5.74) is 1.57. The number of hydrogen-bond acceptors (Lipinski definition) is 2. The van der Waals surface area contributed by atoms with E-state index < -0.39 is 4.32 Å². The monoisotopic (exact) mass is 256 g/mol. The van der Waals surface area contributed by atoms with E-state index in [0.29, 0.717) is 0 Å². The van der Waals surface area contributed by atoms with Crippen molar-refractivity contribution in [1.82, 2.24) is 4.98 Å². The second-order valence-corrected chi connectivity index (χ2v) is 5.55. The van der Waals surface area contributed by atoms with Crippen LogP contribution in [0.5, 0.6) is 0 Å². The van der Waals surface area contributed by atoms with Gasteiger partial charge in [0.2, 0.25) is 5.91 Å². The molecule has 1 aromatic rings. The maximum Gasteiger partial charge on any atom is 0.240 e. The molecule has 0 spiro atoms. The molecule has 1 N–H and O–H groups in total. The summed E-state index contributed by atoms with van der Waals surface area (Å²) in [6.07, 6.45) is 1.70. The van der Waals surface area contributed by atoms with Crippen molar-refractivity contribution >= 4 is 27.5 Å². The zero-order chi connectivity index (χ0) is 10.8. The highest BCUT2D eigenvalue weighted by Gasteiger charge is 2.23. The van der Waals surface area contributed by atoms with Gasteiger partial charge >= 0.3 is 0 Å². The normalized spacial score (nSPS) is 11.1. The first-order valence-corrected chi connectivity index (χ1v) is 5.12. The first-order chi connectivity index (χ1) is 6.41. The van der Waals surface area contributed by atoms with E-state index in [9.17, 15) is 4.79 Å². The molecule has 0 unspecified atom stereocenters. The van der Waals surface area contributed by atoms with E-state index in [1.807, 2.05) is 13.0 Å². The van der Waals surface area contributed by atoms with E-state index in [1.54, 1.807) is 26.1 Å². The predicted molar refractivity (Wildman–Crippen MR) is 60.6 cm³/mol. The summed E-state index contributed by atoms with van der Waals surface area (Å²) in [7, 11) is 0. The number of hydrogen-bond donors (Lipinski definition) is 1. The van der Waals surface area contributed by atoms with E-state index in [-0.39, 0.29) is 5.91 Å². The molecular weight excluding hydrogens is 244 g/mol. The molecule has 1 heterocycles. The fraction of sp³-hybridized carbons (Fsp3) is 0.400. The first-order valence-electron chi connectivity index (χ1n) is 4.33. The summed E-state index contributed by atoms with van der Waals surface area (Å²) in [5, 5.41) is 2.80. The number of nitrogens with one attached hydrogen (secondary N) is 1. The molecule has 0 aliphatic carbocycles. The Kier molecular flexibility index (Phi) is 3.26. The molecule has 1 amide bonds. The number of alkyl halides is 1. The van der Waals surface area contributed by atoms with Crippen LogP contribution in [0.1, 0.15) is 19.5 Å². The minimum Gasteiger partial charge on any atom is -0.323 e. The van der Waals surface area contributed by atoms with Crippen molar-refractivity contribution in [3.8, 4) is 0 Å². The number of carbonyl (C=O) groups is 1. The second kappa shape index (κ2) is 4.09. The molecule has 0 bridgehead atoms. The number of aryl methyl sites for hydroxylation is 1. The topological polar surface area (TPSA) is 42.0 Å². The minimum atomic E-state index is -0.560. The lowest BCUT2D eigenvalue weighted by Gasteiger charge is -2.16. The van der Waals surface area contributed by atoms with Gasteiger partial charge in [-0.15, -0.1) is 0 Å². The van der Waals surface area contributed by atoms with Gasteiger partial charge in [0.15, 0.2) is 0 Å². The van der Waals surface area contributed by atoms with E-state index in [0.717, 1.165) is 11.4 Å². The Balaban J connectivity index is 2.80. The Bertz CT molecular complexity index is 344. The number of halogens is 1. The number of aromatic nitrogens is 1. The third-order valence-corrected chi connectivity index (χ3v) is 2.16. The molecule has 0 saturated heterocycles. The summed E-state index contributed by atoms with van der Waals surface area (Å²) in [6.45, 7) is 5.46. The lowest BCUT2D eigenvalue weighted by Crippen LogP contribution is -2.31. The molecule has 1 rings (SSSR count). The SMILES string of the molecule is Cc1ncccc1NC(=O)C(C)(C)Br. The Morgan fingerprint density at radius 3 is 2.71 bits per heavy atom. The molecule has 0 saturated carbocycles. The van der Waals surface area contributed by atoms with Gasteiger partial charge in [-0.2, -0.15) is 0 Å². The van der Waals surface area contributed by atoms with E-state index >= 15 is 0 Å². The smallest absolute Gasteiger partial charge is 0.240 e. The molecule has 0 atom stereocenters. The van der Waals surface area contributed by atoms with Crippen molar-refractivity contribution in [1.29, 1.82) is 0 Å². The Morgan fingerprint density at radius 1 is 1.57 bits per heavy atom. The predicted octanol–water partition coefficient (Wildman–Crippen LogP) is 2.50. The molecule has 0 aromatic carbocycles. The number of carbonyl (C=O) groups excluding carboxylic acids is 1. The number of rotatable bonds is 2. The van der Waals surface area contributed by atoms with Crippen LogP contribution in [0.4, 0.5) is 5.69 Å². The molecule has 1 aromatic heterocycles. The molecule has 76 valence electrons. The standard InChI is InChI=1S/C10H13BrN2O/c1-7-8(5-4-6-12-7)13-9(14)10(2,3)11/h4-6H,1-3H3,(H,13,14). The van der Waals surface area contributed by atoms with Crippen molar-refractivity contribution < 1.29 is 4.79 Å². The first kappa shape index (κ1) is 11.2. The number of amides is 1. The van der Waals surface area contributed by atoms with Gasteiger partial charge in [0.05, 0.1) is 15.7 Å². The van der Waals surface area contributed by atoms with Crippen molar-refractivity contribution in [3.05, 3.63) is 24.0 Å². The van der Waals surface area contributed by atoms with Gasteiger partial charge < -0.3 is 5.32 Å². The van der Waals surface area contributed by atoms with Gasteiger partial charge in [0, 0.05) is 6.20 Å². The van der Waals surface area contributed by atoms with Crippen LogP contribution in [0.15, 0.2) is 18.3 Å². The lowest BCUT2D eigenvalue weighted by molar-refractivity contribution is -0.117. The largest absolute Gasteiger partial charge is 0.323 e. The van der Waals surface area contributed by atoms with Crippen LogP contribution in [-0.2, 0) is 4.79 Å². The zero-order valence-electron chi connectivity index (χ0n) is 8.47. The summed E-state index contributed by atoms with van der Waals surface area (Å²) < 4.78 is -0.560. The Hall–Kier alpha value is -0.900. The second-order valence-electron chi connectivity index (χ2n) is 3.56. The van der Waals surface area contributed by atoms with Gasteiger partial charge in [-0.05, 0) is 32.9 Å². The summed E-state index contributed by atoms with van der Waals surface area (Å²) in [6, 6.07) is 3.63. The molecule has 0 radical (unpaired) electrons. The molecule has 0 aliphatic heterocycles. The quantitative estimate of drug-likeness (QED) is 0.827. The fourth-order valence-electron chi connectivity index (χ4n) is 0.887. The molecule has 0 fully saturated rings. The molecule has 0 aliphatic rings. The molecule has 4 heteroatoms. The average Bonchev–Trinajstić information content (AvgIpc) is 2.07. The van der Waals surface area contributed by atoms with Crippen molar-refractivity contribution in [3.63, 3.8) is 0 Å².